The smallest absolute Gasteiger partial charge is 0.321 e. The van der Waals surface area contributed by atoms with Gasteiger partial charge in [0.2, 0.25) is 11.8 Å². The van der Waals surface area contributed by atoms with Crippen LogP contribution in [0.5, 0.6) is 0 Å². The quantitative estimate of drug-likeness (QED) is 0.430. The minimum absolute atomic E-state index is 0.0843. The molecule has 0 radical (unpaired) electrons. The monoisotopic (exact) mass is 504 g/mol. The summed E-state index contributed by atoms with van der Waals surface area (Å²) < 4.78 is 39.9. The van der Waals surface area contributed by atoms with Gasteiger partial charge >= 0.3 is 6.18 Å². The lowest BCUT2D eigenvalue weighted by Gasteiger charge is -2.16. The standard InChI is InChI=1S/C24H16ClF3N2O3S/c25-14-9-11-15(12-10-14)30-21(31)13-20(23(30)33)34-19-8-4-1-5-16(19)22(32)29-18-7-3-2-6-17(18)24(26,27)28/h1-12,20H,13H2,(H,29,32)/t20-/m1/s1. The van der Waals surface area contributed by atoms with Gasteiger partial charge in [0.05, 0.1) is 27.8 Å². The Morgan fingerprint density at radius 3 is 2.32 bits per heavy atom. The molecule has 4 rings (SSSR count). The van der Waals surface area contributed by atoms with E-state index in [1.165, 1.54) is 24.3 Å². The van der Waals surface area contributed by atoms with Crippen LogP contribution in [0.2, 0.25) is 5.02 Å². The van der Waals surface area contributed by atoms with Crippen LogP contribution in [-0.2, 0) is 15.8 Å². The van der Waals surface area contributed by atoms with E-state index >= 15 is 0 Å². The lowest BCUT2D eigenvalue weighted by atomic mass is 10.1. The second kappa shape index (κ2) is 9.52. The van der Waals surface area contributed by atoms with Gasteiger partial charge in [0, 0.05) is 16.3 Å². The van der Waals surface area contributed by atoms with Gasteiger partial charge in [-0.2, -0.15) is 13.2 Å². The van der Waals surface area contributed by atoms with Crippen LogP contribution < -0.4 is 10.2 Å². The molecule has 3 aromatic carbocycles. The molecule has 0 aromatic heterocycles. The summed E-state index contributed by atoms with van der Waals surface area (Å²) in [5.41, 5.74) is -0.864. The maximum absolute atomic E-state index is 13.3. The second-order valence-electron chi connectivity index (χ2n) is 7.35. The van der Waals surface area contributed by atoms with Crippen molar-refractivity contribution >= 4 is 52.5 Å². The van der Waals surface area contributed by atoms with E-state index in [0.29, 0.717) is 15.6 Å². The summed E-state index contributed by atoms with van der Waals surface area (Å²) in [6.45, 7) is 0. The molecule has 1 N–H and O–H groups in total. The summed E-state index contributed by atoms with van der Waals surface area (Å²) in [7, 11) is 0. The van der Waals surface area contributed by atoms with E-state index in [1.54, 1.807) is 42.5 Å². The van der Waals surface area contributed by atoms with Crippen LogP contribution in [0.15, 0.2) is 77.7 Å². The molecule has 3 aromatic rings. The van der Waals surface area contributed by atoms with Crippen LogP contribution in [0.1, 0.15) is 22.3 Å². The van der Waals surface area contributed by atoms with E-state index < -0.39 is 34.7 Å². The highest BCUT2D eigenvalue weighted by Crippen LogP contribution is 2.37. The van der Waals surface area contributed by atoms with Crippen molar-refractivity contribution in [2.24, 2.45) is 0 Å². The minimum Gasteiger partial charge on any atom is -0.321 e. The molecule has 1 aliphatic rings. The Morgan fingerprint density at radius 1 is 0.971 bits per heavy atom. The maximum Gasteiger partial charge on any atom is 0.418 e. The van der Waals surface area contributed by atoms with Crippen molar-refractivity contribution in [1.29, 1.82) is 0 Å². The fraction of sp³-hybridized carbons (Fsp3) is 0.125. The highest BCUT2D eigenvalue weighted by molar-refractivity contribution is 8.00. The summed E-state index contributed by atoms with van der Waals surface area (Å²) >= 11 is 6.89. The lowest BCUT2D eigenvalue weighted by Crippen LogP contribution is -2.31. The van der Waals surface area contributed by atoms with E-state index in [4.69, 9.17) is 11.6 Å². The predicted octanol–water partition coefficient (Wildman–Crippen LogP) is 6.04. The van der Waals surface area contributed by atoms with E-state index in [1.807, 2.05) is 0 Å². The van der Waals surface area contributed by atoms with E-state index in [2.05, 4.69) is 5.32 Å². The number of benzene rings is 3. The molecule has 1 aliphatic heterocycles. The summed E-state index contributed by atoms with van der Waals surface area (Å²) in [6.07, 6.45) is -4.72. The van der Waals surface area contributed by atoms with Gasteiger partial charge in [0.15, 0.2) is 0 Å². The zero-order valence-corrected chi connectivity index (χ0v) is 18.9. The molecule has 1 heterocycles. The number of rotatable bonds is 5. The first-order chi connectivity index (χ1) is 16.1. The first-order valence-electron chi connectivity index (χ1n) is 10.0. The number of para-hydroxylation sites is 1. The zero-order chi connectivity index (χ0) is 24.5. The van der Waals surface area contributed by atoms with Crippen LogP contribution in [0.25, 0.3) is 0 Å². The number of nitrogens with zero attached hydrogens (tertiary/aromatic N) is 1. The van der Waals surface area contributed by atoms with Crippen LogP contribution in [-0.4, -0.2) is 23.0 Å². The Kier molecular flexibility index (Phi) is 6.67. The van der Waals surface area contributed by atoms with Crippen LogP contribution >= 0.6 is 23.4 Å². The number of carbonyl (C=O) groups is 3. The van der Waals surface area contributed by atoms with Crippen molar-refractivity contribution in [1.82, 2.24) is 0 Å². The molecular weight excluding hydrogens is 489 g/mol. The van der Waals surface area contributed by atoms with E-state index in [-0.39, 0.29) is 17.7 Å². The Labute approximate surface area is 201 Å². The summed E-state index contributed by atoms with van der Waals surface area (Å²) in [5.74, 6) is -1.60. The molecule has 10 heteroatoms. The van der Waals surface area contributed by atoms with Crippen LogP contribution in [0, 0.1) is 0 Å². The Morgan fingerprint density at radius 2 is 1.62 bits per heavy atom. The van der Waals surface area contributed by atoms with Gasteiger partial charge in [-0.15, -0.1) is 11.8 Å². The highest BCUT2D eigenvalue weighted by atomic mass is 35.5. The number of alkyl halides is 3. The third-order valence-electron chi connectivity index (χ3n) is 5.07. The topological polar surface area (TPSA) is 66.5 Å². The van der Waals surface area contributed by atoms with Crippen molar-refractivity contribution < 1.29 is 27.6 Å². The lowest BCUT2D eigenvalue weighted by molar-refractivity contribution is -0.137. The third-order valence-corrected chi connectivity index (χ3v) is 6.59. The summed E-state index contributed by atoms with van der Waals surface area (Å²) in [6, 6.07) is 17.2. The molecule has 1 saturated heterocycles. The number of thioether (sulfide) groups is 1. The molecule has 3 amide bonds. The number of anilines is 2. The molecule has 174 valence electrons. The summed E-state index contributed by atoms with van der Waals surface area (Å²) in [5, 5.41) is 1.98. The molecular formula is C24H16ClF3N2O3S. The number of amides is 3. The molecule has 0 saturated carbocycles. The molecule has 0 spiro atoms. The van der Waals surface area contributed by atoms with Crippen LogP contribution in [0.4, 0.5) is 24.5 Å². The predicted molar refractivity (Wildman–Crippen MR) is 124 cm³/mol. The average Bonchev–Trinajstić information content (AvgIpc) is 3.07. The molecule has 5 nitrogen and oxygen atoms in total. The normalized spacial score (nSPS) is 16.1. The van der Waals surface area contributed by atoms with Crippen molar-refractivity contribution in [2.45, 2.75) is 22.7 Å². The highest BCUT2D eigenvalue weighted by Gasteiger charge is 2.40. The number of hydrogen-bond donors (Lipinski definition) is 1. The molecule has 0 bridgehead atoms. The number of imide groups is 1. The van der Waals surface area contributed by atoms with Crippen molar-refractivity contribution in [3.63, 3.8) is 0 Å². The number of nitrogens with one attached hydrogen (secondary N) is 1. The fourth-order valence-corrected chi connectivity index (χ4v) is 4.81. The van der Waals surface area contributed by atoms with Crippen molar-refractivity contribution in [2.75, 3.05) is 10.2 Å². The van der Waals surface area contributed by atoms with Crippen LogP contribution in [0.3, 0.4) is 0 Å². The minimum atomic E-state index is -4.64. The summed E-state index contributed by atoms with van der Waals surface area (Å²) in [4.78, 5) is 39.8. The first-order valence-corrected chi connectivity index (χ1v) is 11.3. The third kappa shape index (κ3) is 4.95. The van der Waals surface area contributed by atoms with E-state index in [0.717, 1.165) is 22.7 Å². The number of carbonyl (C=O) groups excluding carboxylic acids is 3. The van der Waals surface area contributed by atoms with Gasteiger partial charge in [-0.25, -0.2) is 4.90 Å². The molecule has 34 heavy (non-hydrogen) atoms. The SMILES string of the molecule is O=C(Nc1ccccc1C(F)(F)F)c1ccccc1S[C@@H]1CC(=O)N(c2ccc(Cl)cc2)C1=O. The van der Waals surface area contributed by atoms with Crippen molar-refractivity contribution in [3.8, 4) is 0 Å². The van der Waals surface area contributed by atoms with Gasteiger partial charge in [-0.3, -0.25) is 14.4 Å². The Balaban J connectivity index is 1.56. The van der Waals surface area contributed by atoms with Gasteiger partial charge in [0.25, 0.3) is 5.91 Å². The van der Waals surface area contributed by atoms with E-state index in [9.17, 15) is 27.6 Å². The number of hydrogen-bond acceptors (Lipinski definition) is 4. The largest absolute Gasteiger partial charge is 0.418 e. The Bertz CT molecular complexity index is 1260. The van der Waals surface area contributed by atoms with Gasteiger partial charge in [-0.05, 0) is 48.5 Å². The molecule has 0 aliphatic carbocycles. The van der Waals surface area contributed by atoms with Gasteiger partial charge < -0.3 is 5.32 Å². The first kappa shape index (κ1) is 23.8. The molecule has 1 atom stereocenters. The fourth-order valence-electron chi connectivity index (χ4n) is 3.50. The Hall–Kier alpha value is -3.30. The van der Waals surface area contributed by atoms with Crippen molar-refractivity contribution in [3.05, 3.63) is 88.9 Å². The zero-order valence-electron chi connectivity index (χ0n) is 17.3. The maximum atomic E-state index is 13.3. The number of halogens is 4. The second-order valence-corrected chi connectivity index (χ2v) is 9.03. The van der Waals surface area contributed by atoms with Gasteiger partial charge in [0.1, 0.15) is 0 Å². The van der Waals surface area contributed by atoms with Gasteiger partial charge in [-0.1, -0.05) is 35.9 Å². The molecule has 0 unspecified atom stereocenters. The average molecular weight is 505 g/mol. The molecule has 1 fully saturated rings.